The SMILES string of the molecule is C/C=C\c1c2[nH]n(c1=O)CCN(CC)CCOc1c(CNCC(F)(F)F)ccc3[nH]c(=O)c(nc13)C2C. The average molecular weight is 521 g/mol. The summed E-state index contributed by atoms with van der Waals surface area (Å²) in [4.78, 5) is 35.8. The third-order valence-electron chi connectivity index (χ3n) is 6.51. The van der Waals surface area contributed by atoms with E-state index in [1.54, 1.807) is 35.9 Å². The molecule has 1 aliphatic heterocycles. The van der Waals surface area contributed by atoms with Gasteiger partial charge in [0.2, 0.25) is 0 Å². The van der Waals surface area contributed by atoms with Crippen LogP contribution in [0.3, 0.4) is 0 Å². The van der Waals surface area contributed by atoms with E-state index in [9.17, 15) is 22.8 Å². The number of H-pyrrole nitrogens is 2. The number of halogens is 3. The fraction of sp³-hybridized carbons (Fsp3) is 0.480. The lowest BCUT2D eigenvalue weighted by molar-refractivity contribution is -0.125. The molecule has 1 unspecified atom stereocenters. The Bertz CT molecular complexity index is 1410. The minimum atomic E-state index is -4.35. The predicted octanol–water partition coefficient (Wildman–Crippen LogP) is 2.96. The maximum Gasteiger partial charge on any atom is 0.401 e. The summed E-state index contributed by atoms with van der Waals surface area (Å²) < 4.78 is 45.9. The van der Waals surface area contributed by atoms with E-state index >= 15 is 0 Å². The Morgan fingerprint density at radius 1 is 1.24 bits per heavy atom. The first kappa shape index (κ1) is 26.7. The third kappa shape index (κ3) is 5.80. The van der Waals surface area contributed by atoms with Crippen molar-refractivity contribution < 1.29 is 17.9 Å². The number of nitrogens with zero attached hydrogens (tertiary/aromatic N) is 3. The maximum absolute atomic E-state index is 13.1. The molecule has 12 heteroatoms. The van der Waals surface area contributed by atoms with Crippen molar-refractivity contribution in [3.8, 4) is 5.75 Å². The summed E-state index contributed by atoms with van der Waals surface area (Å²) in [5, 5.41) is 5.59. The second-order valence-electron chi connectivity index (χ2n) is 9.02. The van der Waals surface area contributed by atoms with Gasteiger partial charge in [0, 0.05) is 31.1 Å². The summed E-state index contributed by atoms with van der Waals surface area (Å²) in [5.41, 5.74) is 1.85. The molecule has 0 spiro atoms. The molecule has 1 aromatic carbocycles. The molecule has 0 amide bonds. The van der Waals surface area contributed by atoms with Crippen LogP contribution in [0.5, 0.6) is 5.75 Å². The first-order valence-electron chi connectivity index (χ1n) is 12.3. The van der Waals surface area contributed by atoms with E-state index < -0.39 is 24.2 Å². The zero-order chi connectivity index (χ0) is 26.7. The van der Waals surface area contributed by atoms with Gasteiger partial charge in [-0.25, -0.2) is 4.98 Å². The van der Waals surface area contributed by atoms with E-state index in [0.717, 1.165) is 6.54 Å². The van der Waals surface area contributed by atoms with E-state index in [1.165, 1.54) is 0 Å². The quantitative estimate of drug-likeness (QED) is 0.478. The summed E-state index contributed by atoms with van der Waals surface area (Å²) in [6.45, 7) is 6.85. The minimum Gasteiger partial charge on any atom is -0.490 e. The molecule has 3 aromatic rings. The number of rotatable bonds is 5. The van der Waals surface area contributed by atoms with Gasteiger partial charge in [0.25, 0.3) is 11.1 Å². The maximum atomic E-state index is 13.1. The molecule has 1 aliphatic rings. The molecule has 4 rings (SSSR count). The number of aromatic nitrogens is 4. The van der Waals surface area contributed by atoms with Gasteiger partial charge in [0.1, 0.15) is 17.8 Å². The Hall–Kier alpha value is -3.38. The number of aromatic amines is 2. The van der Waals surface area contributed by atoms with Gasteiger partial charge in [-0.1, -0.05) is 32.1 Å². The number of hydrogen-bond acceptors (Lipinski definition) is 6. The van der Waals surface area contributed by atoms with Crippen molar-refractivity contribution >= 4 is 17.1 Å². The molecular formula is C25H31F3N6O3. The highest BCUT2D eigenvalue weighted by Gasteiger charge is 2.27. The van der Waals surface area contributed by atoms with Gasteiger partial charge in [-0.05, 0) is 19.5 Å². The standard InChI is InChI=1S/C25H31F3N6O3/c1-4-6-17-19-15(3)20-23(35)30-18-8-7-16(13-29-14-25(26,27)28)22(21(18)31-20)37-12-11-33(5-2)9-10-34(32-19)24(17)36/h4,6-8,15,29,32H,5,9-14H2,1-3H3,(H,30,35)/b6-4-. The second-order valence-corrected chi connectivity index (χ2v) is 9.02. The largest absolute Gasteiger partial charge is 0.490 e. The van der Waals surface area contributed by atoms with Crippen molar-refractivity contribution in [2.75, 3.05) is 32.8 Å². The monoisotopic (exact) mass is 520 g/mol. The topological polar surface area (TPSA) is 108 Å². The molecule has 9 nitrogen and oxygen atoms in total. The van der Waals surface area contributed by atoms with Crippen molar-refractivity contribution in [1.29, 1.82) is 0 Å². The Kier molecular flexibility index (Phi) is 7.88. The summed E-state index contributed by atoms with van der Waals surface area (Å²) in [6.07, 6.45) is -0.871. The van der Waals surface area contributed by atoms with Crippen LogP contribution >= 0.6 is 0 Å². The van der Waals surface area contributed by atoms with Crippen molar-refractivity contribution in [1.82, 2.24) is 30.0 Å². The lowest BCUT2D eigenvalue weighted by Gasteiger charge is -2.22. The van der Waals surface area contributed by atoms with E-state index in [-0.39, 0.29) is 24.4 Å². The Morgan fingerprint density at radius 3 is 2.73 bits per heavy atom. The number of hydrogen-bond donors (Lipinski definition) is 3. The van der Waals surface area contributed by atoms with Crippen LogP contribution in [-0.2, 0) is 13.1 Å². The van der Waals surface area contributed by atoms with Gasteiger partial charge >= 0.3 is 6.18 Å². The minimum absolute atomic E-state index is 0.0877. The van der Waals surface area contributed by atoms with E-state index in [0.29, 0.717) is 53.2 Å². The molecule has 3 N–H and O–H groups in total. The Balaban J connectivity index is 1.88. The molecule has 0 radical (unpaired) electrons. The number of nitrogens with one attached hydrogen (secondary N) is 3. The highest BCUT2D eigenvalue weighted by atomic mass is 19.4. The van der Waals surface area contributed by atoms with Gasteiger partial charge in [0.15, 0.2) is 5.75 Å². The number of ether oxygens (including phenoxy) is 1. The molecule has 4 bridgehead atoms. The van der Waals surface area contributed by atoms with E-state index in [4.69, 9.17) is 4.74 Å². The molecule has 0 saturated heterocycles. The predicted molar refractivity (Wildman–Crippen MR) is 135 cm³/mol. The zero-order valence-corrected chi connectivity index (χ0v) is 21.0. The van der Waals surface area contributed by atoms with Crippen molar-refractivity contribution in [3.05, 3.63) is 61.4 Å². The van der Waals surface area contributed by atoms with Crippen LogP contribution in [0.1, 0.15) is 49.2 Å². The fourth-order valence-corrected chi connectivity index (χ4v) is 4.53. The van der Waals surface area contributed by atoms with Gasteiger partial charge < -0.3 is 15.0 Å². The summed E-state index contributed by atoms with van der Waals surface area (Å²) >= 11 is 0. The summed E-state index contributed by atoms with van der Waals surface area (Å²) in [5.74, 6) is -0.247. The van der Waals surface area contributed by atoms with Crippen LogP contribution in [0.25, 0.3) is 17.1 Å². The zero-order valence-electron chi connectivity index (χ0n) is 21.0. The molecule has 3 heterocycles. The first-order chi connectivity index (χ1) is 17.6. The molecule has 0 aliphatic carbocycles. The van der Waals surface area contributed by atoms with Gasteiger partial charge in [-0.3, -0.25) is 24.3 Å². The third-order valence-corrected chi connectivity index (χ3v) is 6.51. The number of alkyl halides is 3. The number of fused-ring (bicyclic) bond motifs is 3. The summed E-state index contributed by atoms with van der Waals surface area (Å²) in [6, 6.07) is 3.24. The Morgan fingerprint density at radius 2 is 2.03 bits per heavy atom. The van der Waals surface area contributed by atoms with Crippen molar-refractivity contribution in [2.24, 2.45) is 0 Å². The Labute approximate surface area is 211 Å². The number of allylic oxidation sites excluding steroid dienone is 1. The molecule has 2 aromatic heterocycles. The van der Waals surface area contributed by atoms with Crippen molar-refractivity contribution in [3.63, 3.8) is 0 Å². The fourth-order valence-electron chi connectivity index (χ4n) is 4.53. The molecule has 0 saturated carbocycles. The van der Waals surface area contributed by atoms with Gasteiger partial charge in [-0.2, -0.15) is 13.2 Å². The van der Waals surface area contributed by atoms with Crippen LogP contribution in [0.2, 0.25) is 0 Å². The van der Waals surface area contributed by atoms with Crippen LogP contribution in [-0.4, -0.2) is 63.6 Å². The molecule has 0 fully saturated rings. The van der Waals surface area contributed by atoms with Crippen LogP contribution in [0.15, 0.2) is 27.8 Å². The smallest absolute Gasteiger partial charge is 0.401 e. The molecule has 37 heavy (non-hydrogen) atoms. The van der Waals surface area contributed by atoms with E-state index in [1.807, 2.05) is 13.8 Å². The van der Waals surface area contributed by atoms with Gasteiger partial charge in [-0.15, -0.1) is 0 Å². The number of benzene rings is 1. The van der Waals surface area contributed by atoms with Crippen LogP contribution < -0.4 is 21.2 Å². The van der Waals surface area contributed by atoms with Crippen LogP contribution in [0.4, 0.5) is 13.2 Å². The molecule has 1 atom stereocenters. The van der Waals surface area contributed by atoms with E-state index in [2.05, 4.69) is 25.3 Å². The lowest BCUT2D eigenvalue weighted by Crippen LogP contribution is -2.34. The number of likely N-dealkylation sites (N-methyl/N-ethyl adjacent to an activating group) is 1. The normalized spacial score (nSPS) is 17.4. The highest BCUT2D eigenvalue weighted by molar-refractivity contribution is 5.82. The summed E-state index contributed by atoms with van der Waals surface area (Å²) in [7, 11) is 0. The highest BCUT2D eigenvalue weighted by Crippen LogP contribution is 2.30. The second kappa shape index (κ2) is 10.9. The lowest BCUT2D eigenvalue weighted by atomic mass is 9.99. The van der Waals surface area contributed by atoms with Crippen LogP contribution in [0, 0.1) is 0 Å². The van der Waals surface area contributed by atoms with Gasteiger partial charge in [0.05, 0.1) is 29.9 Å². The van der Waals surface area contributed by atoms with Crippen molar-refractivity contribution in [2.45, 2.75) is 46.0 Å². The molecular weight excluding hydrogens is 489 g/mol. The first-order valence-corrected chi connectivity index (χ1v) is 12.3. The average Bonchev–Trinajstić information content (AvgIpc) is 3.15. The molecule has 200 valence electrons.